The molecule has 58 heteroatoms. The van der Waals surface area contributed by atoms with Crippen LogP contribution in [0.25, 0.3) is 44.7 Å². The molecule has 141 heavy (non-hydrogen) atoms. The number of anilines is 8. The molecule has 14 aromatic rings. The van der Waals surface area contributed by atoms with Crippen molar-refractivity contribution in [3.8, 4) is 0 Å². The van der Waals surface area contributed by atoms with E-state index in [-0.39, 0.29) is 127 Å². The molecule has 1 aromatic carbocycles. The third kappa shape index (κ3) is 19.0. The molecule has 0 radical (unpaired) electrons. The Labute approximate surface area is 821 Å². The summed E-state index contributed by atoms with van der Waals surface area (Å²) in [6, 6.07) is -4.92. The molecule has 20 N–H and O–H groups in total. The molecule has 0 saturated heterocycles. The van der Waals surface area contributed by atoms with Crippen molar-refractivity contribution in [3.63, 3.8) is 0 Å². The Bertz CT molecular complexity index is 6530. The highest BCUT2D eigenvalue weighted by molar-refractivity contribution is 6.30. The Hall–Kier alpha value is -11.8. The third-order valence-corrected chi connectivity index (χ3v) is 29.5. The van der Waals surface area contributed by atoms with Gasteiger partial charge in [-0.05, 0) is 186 Å². The lowest BCUT2D eigenvalue weighted by Crippen LogP contribution is -2.43. The number of nitrogens with zero attached hydrogens (tertiary/aromatic N) is 31. The van der Waals surface area contributed by atoms with E-state index in [0.717, 1.165) is 51.4 Å². The van der Waals surface area contributed by atoms with E-state index in [1.54, 1.807) is 30.9 Å². The zero-order valence-electron chi connectivity index (χ0n) is 74.9. The number of nitrogens with one attached hydrogen (secondary N) is 8. The normalized spacial score (nSPS) is 29.2. The highest BCUT2D eigenvalue weighted by Crippen LogP contribution is 2.47. The number of aliphatic hydroxyl groups is 12. The van der Waals surface area contributed by atoms with E-state index in [1.165, 1.54) is 56.6 Å². The van der Waals surface area contributed by atoms with Crippen molar-refractivity contribution in [1.82, 2.24) is 153 Å². The second-order valence-electron chi connectivity index (χ2n) is 37.3. The summed E-state index contributed by atoms with van der Waals surface area (Å²) in [5.74, 6) is 2.55. The molecule has 0 aliphatic heterocycles. The van der Waals surface area contributed by atoms with Crippen LogP contribution in [0.15, 0.2) is 59.7 Å². The van der Waals surface area contributed by atoms with Gasteiger partial charge in [0.2, 0.25) is 38.3 Å². The number of fused-ring (bicyclic) bond motifs is 4. The molecule has 0 spiro atoms. The first-order chi connectivity index (χ1) is 68.2. The smallest absolute Gasteiger partial charge is 0.253 e. The summed E-state index contributed by atoms with van der Waals surface area (Å²) in [7, 11) is 0. The Balaban J connectivity index is 0.000000167. The van der Waals surface area contributed by atoms with Gasteiger partial charge in [-0.1, -0.05) is 0 Å². The lowest BCUT2D eigenvalue weighted by Gasteiger charge is -2.33. The van der Waals surface area contributed by atoms with E-state index in [9.17, 15) is 70.9 Å². The first-order valence-electron chi connectivity index (χ1n) is 46.7. The standard InChI is InChI=1S/C42H50Cl2N18O8.C41H50Cl3N21O6/c43-41-53-37(29-39(55-41)59(15-45-29)23-9-25(33(67)31(23)65)61-47-11-21(13-63)57-61)51-19-5-1-17(2-6-19)49-27-28(36(70)35(27)69)50-18-3-7-20(8-4-18)52-38-30-40(56-42(44)54-38)60(16-46-30)24-10-26(34(68)32(24)66)62-48-12-22(14-64)58-62;42-37-53-33(27-35(55-37)62(15-45-27)23-9-25(31(70)29(23)68)64-47-11-21(13-66)60-64)49-17-1-5-19(6-2-17)51-40-57-39(44)58-41(59-40)52-20-7-3-18(4-8-20)50-34-28-36(56-38(43)54-34)63(16-46-28)24-10-26(32(71)30(24)69)65-48-12-22(14-67)61-65/h11-12,15-20,23-26,31-34,49-50,63-68H,1-10,13-14H2,(H,51,53,55)(H,52,54,56);11-12,15-20,23-26,29-32,66-71H,1-10,13-14H2,(H,49,53,55)(H,50,54,56)(H2,51,52,57,58,59)/t17?,18?,19?,20?,23-,24-,25+,26+,31+,32+,33-,34-;17?,18?,19?,20?,23-,24-,25+,26+,29+,30+,31-,32-/m11/s1. The van der Waals surface area contributed by atoms with Gasteiger partial charge in [-0.15, -0.1) is 0 Å². The third-order valence-electron chi connectivity index (χ3n) is 28.7. The van der Waals surface area contributed by atoms with Gasteiger partial charge in [0.15, 0.2) is 67.9 Å². The minimum Gasteiger partial charge on any atom is -0.390 e. The Morgan fingerprint density at radius 1 is 0.270 bits per heavy atom. The van der Waals surface area contributed by atoms with Gasteiger partial charge in [0.05, 0.1) is 101 Å². The molecule has 53 nitrogen and oxygen atoms in total. The second-order valence-corrected chi connectivity index (χ2v) is 39.0. The molecule has 22 rings (SSSR count). The Kier molecular flexibility index (Phi) is 27.0. The average Bonchev–Trinajstić information content (AvgIpc) is 1.56. The lowest BCUT2D eigenvalue weighted by molar-refractivity contribution is 0.00491. The number of hydrogen-bond donors (Lipinski definition) is 20. The van der Waals surface area contributed by atoms with Crippen LogP contribution in [0.2, 0.25) is 26.4 Å². The summed E-state index contributed by atoms with van der Waals surface area (Å²) in [5.41, 5.74) is 4.39. The fourth-order valence-corrected chi connectivity index (χ4v) is 22.1. The van der Waals surface area contributed by atoms with Crippen molar-refractivity contribution in [2.75, 3.05) is 42.5 Å². The highest BCUT2D eigenvalue weighted by Gasteiger charge is 2.50. The average molecular weight is 2050 g/mol. The van der Waals surface area contributed by atoms with Crippen LogP contribution >= 0.6 is 58.0 Å². The van der Waals surface area contributed by atoms with Crippen LogP contribution in [0.5, 0.6) is 0 Å². The van der Waals surface area contributed by atoms with Crippen LogP contribution in [-0.2, 0) is 26.4 Å². The molecular weight excluding hydrogens is 1940 g/mol. The molecular formula is C83H100Cl5N39O14. The van der Waals surface area contributed by atoms with Crippen LogP contribution < -0.4 is 53.4 Å². The predicted molar refractivity (Wildman–Crippen MR) is 503 cm³/mol. The molecule has 0 bridgehead atoms. The number of aromatic nitrogens is 31. The van der Waals surface area contributed by atoms with E-state index < -0.39 is 108 Å². The van der Waals surface area contributed by atoms with E-state index in [0.29, 0.717) is 165 Å². The summed E-state index contributed by atoms with van der Waals surface area (Å²) in [6.45, 7) is -1.19. The first-order valence-corrected chi connectivity index (χ1v) is 48.6. The second kappa shape index (κ2) is 39.8. The maximum absolute atomic E-state index is 12.9. The highest BCUT2D eigenvalue weighted by atomic mass is 35.5. The van der Waals surface area contributed by atoms with Gasteiger partial charge >= 0.3 is 0 Å². The SMILES string of the molecule is O=c1c(NC2CCC(Nc3nc(Cl)nc4c3ncn4[C@@H]3C[C@H](n4ncc(CO)n4)[C@@H](O)[C@H]3O)CC2)c(NC2CCC(Nc3nc(Cl)nc4c3ncn4[C@@H]3C[C@H](n4ncc(CO)n4)[C@@H](O)[C@H]3O)CC2)c1=O.OCc1cnn([C@H]2C[C@@H](n3cnc4c(NC5CCC(Nc6nc(Cl)nc(NC7CCC(Nc8nc(Cl)nc9c8ncn9[C@@H]8C[C@H](n9ncc(CO)n9)[C@@H](O)[C@H]8O)CC7)n6)CC5)nc(Cl)nc43)[C@H](O)[C@@H]2O)n1. The quantitative estimate of drug-likeness (QED) is 0.0247. The van der Waals surface area contributed by atoms with Crippen LogP contribution in [0.4, 0.5) is 46.5 Å². The number of aliphatic hydroxyl groups excluding tert-OH is 12. The van der Waals surface area contributed by atoms with Crippen LogP contribution in [0.1, 0.15) is 200 Å². The monoisotopic (exact) mass is 2040 g/mol. The Morgan fingerprint density at radius 2 is 0.475 bits per heavy atom. The summed E-state index contributed by atoms with van der Waals surface area (Å²) in [5, 5.41) is 187. The molecule has 8 aliphatic carbocycles. The van der Waals surface area contributed by atoms with Gasteiger partial charge in [-0.25, -0.2) is 19.9 Å². The van der Waals surface area contributed by atoms with Crippen LogP contribution in [0, 0.1) is 0 Å². The fourth-order valence-electron chi connectivity index (χ4n) is 21.3. The molecule has 0 unspecified atom stereocenters. The molecule has 13 aromatic heterocycles. The van der Waals surface area contributed by atoms with Gasteiger partial charge in [-0.3, -0.25) is 9.59 Å². The molecule has 8 saturated carbocycles. The lowest BCUT2D eigenvalue weighted by atomic mass is 9.90. The summed E-state index contributed by atoms with van der Waals surface area (Å²) in [6.07, 6.45) is 15.5. The maximum Gasteiger partial charge on any atom is 0.253 e. The van der Waals surface area contributed by atoms with Crippen molar-refractivity contribution in [1.29, 1.82) is 0 Å². The van der Waals surface area contributed by atoms with Crippen molar-refractivity contribution in [2.24, 2.45) is 0 Å². The molecule has 13 heterocycles. The first kappa shape index (κ1) is 95.4. The van der Waals surface area contributed by atoms with Crippen molar-refractivity contribution >= 4 is 149 Å². The fraction of sp³-hybridized carbons (Fsp3) is 0.578. The van der Waals surface area contributed by atoms with Gasteiger partial charge in [0.25, 0.3) is 10.9 Å². The molecule has 8 fully saturated rings. The summed E-state index contributed by atoms with van der Waals surface area (Å²) < 4.78 is 6.75. The number of halogens is 5. The van der Waals surface area contributed by atoms with Crippen molar-refractivity contribution in [3.05, 3.63) is 120 Å². The molecule has 8 aliphatic rings. The molecule has 16 atom stereocenters. The van der Waals surface area contributed by atoms with Crippen molar-refractivity contribution in [2.45, 2.75) is 300 Å². The van der Waals surface area contributed by atoms with E-state index in [4.69, 9.17) is 58.0 Å². The van der Waals surface area contributed by atoms with Crippen LogP contribution in [-0.4, -0.2) is 311 Å². The minimum atomic E-state index is -1.19. The van der Waals surface area contributed by atoms with Gasteiger partial charge in [0, 0.05) is 48.3 Å². The summed E-state index contributed by atoms with van der Waals surface area (Å²) >= 11 is 32.2. The number of rotatable bonds is 28. The topological polar surface area (TPSA) is 709 Å². The summed E-state index contributed by atoms with van der Waals surface area (Å²) in [4.78, 5) is 98.4. The van der Waals surface area contributed by atoms with Crippen LogP contribution in [0.3, 0.4) is 0 Å². The molecule has 0 amide bonds. The van der Waals surface area contributed by atoms with Gasteiger partial charge in [0.1, 0.15) is 107 Å². The Morgan fingerprint density at radius 3 is 0.695 bits per heavy atom. The number of imidazole rings is 4. The van der Waals surface area contributed by atoms with Crippen molar-refractivity contribution < 1.29 is 61.3 Å². The largest absolute Gasteiger partial charge is 0.390 e. The van der Waals surface area contributed by atoms with E-state index in [2.05, 4.69) is 158 Å². The predicted octanol–water partition coefficient (Wildman–Crippen LogP) is 2.29. The zero-order valence-corrected chi connectivity index (χ0v) is 78.7. The van der Waals surface area contributed by atoms with Gasteiger partial charge in [-0.2, -0.15) is 115 Å². The van der Waals surface area contributed by atoms with Gasteiger partial charge < -0.3 is 122 Å². The zero-order chi connectivity index (χ0) is 97.6. The molecule has 746 valence electrons. The minimum absolute atomic E-state index is 0.00636. The number of hydrogen-bond acceptors (Lipinski definition) is 45. The van der Waals surface area contributed by atoms with E-state index >= 15 is 0 Å². The maximum atomic E-state index is 12.9. The van der Waals surface area contributed by atoms with E-state index in [1.807, 2.05) is 0 Å².